The van der Waals surface area contributed by atoms with Crippen LogP contribution in [0.3, 0.4) is 0 Å². The Hall–Kier alpha value is -3.29. The van der Waals surface area contributed by atoms with E-state index in [1.165, 1.54) is 26.2 Å². The molecule has 3 aromatic carbocycles. The fraction of sp³-hybridized carbons (Fsp3) is 0.0909. The van der Waals surface area contributed by atoms with E-state index in [1.807, 2.05) is 48.5 Å². The summed E-state index contributed by atoms with van der Waals surface area (Å²) >= 11 is 0. The van der Waals surface area contributed by atoms with Gasteiger partial charge < -0.3 is 4.98 Å². The maximum Gasteiger partial charge on any atom is 0.259 e. The van der Waals surface area contributed by atoms with Gasteiger partial charge in [0.05, 0.1) is 15.8 Å². The normalized spacial score (nSPS) is 11.8. The molecule has 0 radical (unpaired) electrons. The zero-order chi connectivity index (χ0) is 20.6. The third kappa shape index (κ3) is 3.57. The van der Waals surface area contributed by atoms with Crippen molar-refractivity contribution >= 4 is 20.9 Å². The molecule has 6 nitrogen and oxygen atoms in total. The molecule has 0 unspecified atom stereocenters. The van der Waals surface area contributed by atoms with Crippen LogP contribution in [-0.2, 0) is 10.0 Å². The quantitative estimate of drug-likeness (QED) is 0.563. The molecule has 146 valence electrons. The van der Waals surface area contributed by atoms with Crippen molar-refractivity contribution in [2.24, 2.45) is 0 Å². The zero-order valence-electron chi connectivity index (χ0n) is 16.0. The topological polar surface area (TPSA) is 83.1 Å². The first-order valence-corrected chi connectivity index (χ1v) is 10.4. The first kappa shape index (κ1) is 19.0. The van der Waals surface area contributed by atoms with E-state index in [9.17, 15) is 13.2 Å². The van der Waals surface area contributed by atoms with Crippen molar-refractivity contribution in [1.82, 2.24) is 14.3 Å². The Kier molecular flexibility index (Phi) is 4.77. The van der Waals surface area contributed by atoms with Crippen molar-refractivity contribution in [2.75, 3.05) is 14.1 Å². The molecule has 29 heavy (non-hydrogen) atoms. The molecule has 0 amide bonds. The Morgan fingerprint density at radius 3 is 2.14 bits per heavy atom. The molecule has 1 aromatic heterocycles. The second-order valence-electron chi connectivity index (χ2n) is 6.82. The third-order valence-electron chi connectivity index (χ3n) is 4.72. The number of aromatic nitrogens is 2. The number of rotatable bonds is 4. The van der Waals surface area contributed by atoms with Crippen LogP contribution in [0.15, 0.2) is 82.5 Å². The van der Waals surface area contributed by atoms with Crippen LogP contribution in [0.1, 0.15) is 0 Å². The summed E-state index contributed by atoms with van der Waals surface area (Å²) in [5.74, 6) is 0.392. The lowest BCUT2D eigenvalue weighted by molar-refractivity contribution is 0.521. The summed E-state index contributed by atoms with van der Waals surface area (Å²) in [4.78, 5) is 20.2. The fourth-order valence-electron chi connectivity index (χ4n) is 3.08. The van der Waals surface area contributed by atoms with E-state index in [0.29, 0.717) is 22.3 Å². The summed E-state index contributed by atoms with van der Waals surface area (Å²) < 4.78 is 25.6. The predicted octanol–water partition coefficient (Wildman–Crippen LogP) is 3.51. The lowest BCUT2D eigenvalue weighted by Crippen LogP contribution is -2.22. The smallest absolute Gasteiger partial charge is 0.259 e. The Bertz CT molecular complexity index is 1340. The molecule has 0 atom stereocenters. The minimum atomic E-state index is -3.51. The van der Waals surface area contributed by atoms with Gasteiger partial charge in [0.2, 0.25) is 10.0 Å². The molecule has 1 N–H and O–H groups in total. The first-order valence-electron chi connectivity index (χ1n) is 8.99. The number of nitrogens with one attached hydrogen (secondary N) is 1. The van der Waals surface area contributed by atoms with Crippen LogP contribution in [0.25, 0.3) is 33.4 Å². The highest BCUT2D eigenvalue weighted by molar-refractivity contribution is 7.89. The van der Waals surface area contributed by atoms with E-state index in [2.05, 4.69) is 9.97 Å². The maximum absolute atomic E-state index is 12.7. The number of sulfonamides is 1. The molecule has 1 heterocycles. The summed E-state index contributed by atoms with van der Waals surface area (Å²) in [6, 6.07) is 21.7. The Balaban J connectivity index is 1.75. The number of fused-ring (bicyclic) bond motifs is 1. The van der Waals surface area contributed by atoms with E-state index in [-0.39, 0.29) is 10.5 Å². The second kappa shape index (κ2) is 7.27. The van der Waals surface area contributed by atoms with Crippen molar-refractivity contribution in [2.45, 2.75) is 4.90 Å². The van der Waals surface area contributed by atoms with E-state index in [0.717, 1.165) is 15.4 Å². The van der Waals surface area contributed by atoms with Crippen LogP contribution < -0.4 is 5.56 Å². The Morgan fingerprint density at radius 2 is 1.48 bits per heavy atom. The average molecular weight is 405 g/mol. The average Bonchev–Trinajstić information content (AvgIpc) is 2.74. The van der Waals surface area contributed by atoms with Crippen LogP contribution in [0, 0.1) is 0 Å². The minimum Gasteiger partial charge on any atom is -0.306 e. The second-order valence-corrected chi connectivity index (χ2v) is 8.98. The number of hydrogen-bond donors (Lipinski definition) is 1. The SMILES string of the molecule is CN(C)S(=O)(=O)c1ccc(-c2nc3ccc(-c4ccccc4)cc3c(=O)[nH]2)cc1. The maximum atomic E-state index is 12.7. The highest BCUT2D eigenvalue weighted by Crippen LogP contribution is 2.24. The van der Waals surface area contributed by atoms with Crippen LogP contribution in [0.2, 0.25) is 0 Å². The lowest BCUT2D eigenvalue weighted by Gasteiger charge is -2.11. The molecule has 0 aliphatic heterocycles. The van der Waals surface area contributed by atoms with Crippen molar-refractivity contribution in [3.8, 4) is 22.5 Å². The van der Waals surface area contributed by atoms with E-state index >= 15 is 0 Å². The zero-order valence-corrected chi connectivity index (χ0v) is 16.8. The van der Waals surface area contributed by atoms with E-state index in [1.54, 1.807) is 12.1 Å². The largest absolute Gasteiger partial charge is 0.306 e. The number of hydrogen-bond acceptors (Lipinski definition) is 4. The number of H-pyrrole nitrogens is 1. The molecule has 7 heteroatoms. The molecule has 0 aliphatic rings. The van der Waals surface area contributed by atoms with Crippen LogP contribution in [0.5, 0.6) is 0 Å². The molecule has 0 bridgehead atoms. The van der Waals surface area contributed by atoms with Gasteiger partial charge in [0.25, 0.3) is 5.56 Å². The van der Waals surface area contributed by atoms with Gasteiger partial charge in [-0.25, -0.2) is 17.7 Å². The lowest BCUT2D eigenvalue weighted by atomic mass is 10.0. The van der Waals surface area contributed by atoms with Crippen LogP contribution >= 0.6 is 0 Å². The van der Waals surface area contributed by atoms with Gasteiger partial charge in [-0.3, -0.25) is 4.79 Å². The van der Waals surface area contributed by atoms with Gasteiger partial charge in [-0.05, 0) is 47.5 Å². The van der Waals surface area contributed by atoms with Gasteiger partial charge in [-0.2, -0.15) is 0 Å². The Morgan fingerprint density at radius 1 is 0.828 bits per heavy atom. The molecule has 0 saturated carbocycles. The highest BCUT2D eigenvalue weighted by atomic mass is 32.2. The molecule has 0 spiro atoms. The van der Waals surface area contributed by atoms with Crippen molar-refractivity contribution < 1.29 is 8.42 Å². The summed E-state index contributed by atoms with van der Waals surface area (Å²) in [6.45, 7) is 0. The number of aromatic amines is 1. The fourth-order valence-corrected chi connectivity index (χ4v) is 3.98. The highest BCUT2D eigenvalue weighted by Gasteiger charge is 2.17. The molecular formula is C22H19N3O3S. The monoisotopic (exact) mass is 405 g/mol. The first-order chi connectivity index (χ1) is 13.9. The van der Waals surface area contributed by atoms with Gasteiger partial charge in [0.1, 0.15) is 5.82 Å². The summed E-state index contributed by atoms with van der Waals surface area (Å²) in [7, 11) is -0.546. The number of benzene rings is 3. The molecule has 4 aromatic rings. The van der Waals surface area contributed by atoms with Gasteiger partial charge in [-0.1, -0.05) is 36.4 Å². The van der Waals surface area contributed by atoms with Crippen molar-refractivity contribution in [3.63, 3.8) is 0 Å². The Labute approximate surface area is 168 Å². The van der Waals surface area contributed by atoms with Crippen molar-refractivity contribution in [1.29, 1.82) is 0 Å². The number of nitrogens with zero attached hydrogens (tertiary/aromatic N) is 2. The van der Waals surface area contributed by atoms with E-state index in [4.69, 9.17) is 0 Å². The van der Waals surface area contributed by atoms with Crippen molar-refractivity contribution in [3.05, 3.63) is 83.2 Å². The van der Waals surface area contributed by atoms with Crippen LogP contribution in [0.4, 0.5) is 0 Å². The third-order valence-corrected chi connectivity index (χ3v) is 6.55. The summed E-state index contributed by atoms with van der Waals surface area (Å²) in [5.41, 5.74) is 2.93. The van der Waals surface area contributed by atoms with E-state index < -0.39 is 10.0 Å². The van der Waals surface area contributed by atoms with Gasteiger partial charge in [0.15, 0.2) is 0 Å². The molecule has 0 aliphatic carbocycles. The van der Waals surface area contributed by atoms with Crippen LogP contribution in [-0.4, -0.2) is 36.8 Å². The predicted molar refractivity (Wildman–Crippen MR) is 114 cm³/mol. The standard InChI is InChI=1S/C22H19N3O3S/c1-25(2)29(27,28)18-11-8-16(9-12-18)21-23-20-13-10-17(14-19(20)22(26)24-21)15-6-4-3-5-7-15/h3-14H,1-2H3,(H,23,24,26). The minimum absolute atomic E-state index is 0.182. The molecule has 0 fully saturated rings. The molecule has 0 saturated heterocycles. The summed E-state index contributed by atoms with van der Waals surface area (Å²) in [6.07, 6.45) is 0. The summed E-state index contributed by atoms with van der Waals surface area (Å²) in [5, 5.41) is 0.502. The van der Waals surface area contributed by atoms with Gasteiger partial charge >= 0.3 is 0 Å². The van der Waals surface area contributed by atoms with Gasteiger partial charge in [-0.15, -0.1) is 0 Å². The molecular weight excluding hydrogens is 386 g/mol. The van der Waals surface area contributed by atoms with Gasteiger partial charge in [0, 0.05) is 19.7 Å². The molecule has 4 rings (SSSR count).